The molecule has 2 aliphatic heterocycles. The van der Waals surface area contributed by atoms with Gasteiger partial charge in [0.15, 0.2) is 0 Å². The summed E-state index contributed by atoms with van der Waals surface area (Å²) >= 11 is 1.57. The molecule has 1 aromatic carbocycles. The van der Waals surface area contributed by atoms with Gasteiger partial charge in [0.05, 0.1) is 37.7 Å². The summed E-state index contributed by atoms with van der Waals surface area (Å²) in [6.07, 6.45) is 4.32. The summed E-state index contributed by atoms with van der Waals surface area (Å²) in [6, 6.07) is 7.92. The Morgan fingerprint density at radius 1 is 1.22 bits per heavy atom. The molecule has 1 aliphatic carbocycles. The van der Waals surface area contributed by atoms with Crippen LogP contribution in [0, 0.1) is 31.6 Å². The number of carbonyl (C=O) groups excluding carboxylic acids is 2. The molecule has 196 valence electrons. The third kappa shape index (κ3) is 4.92. The van der Waals surface area contributed by atoms with Crippen LogP contribution in [0.2, 0.25) is 0 Å². The number of amides is 2. The van der Waals surface area contributed by atoms with Crippen molar-refractivity contribution in [3.05, 3.63) is 67.9 Å². The Hall–Kier alpha value is -2.74. The first-order chi connectivity index (χ1) is 17.8. The van der Waals surface area contributed by atoms with Crippen LogP contribution in [0.1, 0.15) is 47.8 Å². The number of phenolic OH excluding ortho intramolecular Hbond substituents is 1. The Morgan fingerprint density at radius 3 is 2.65 bits per heavy atom. The van der Waals surface area contributed by atoms with Crippen molar-refractivity contribution in [2.24, 2.45) is 17.8 Å². The van der Waals surface area contributed by atoms with Crippen LogP contribution in [-0.2, 0) is 25.6 Å². The molecule has 2 aromatic rings. The van der Waals surface area contributed by atoms with E-state index < -0.39 is 0 Å². The zero-order valence-corrected chi connectivity index (χ0v) is 22.8. The molecular formula is C30H35NO5S. The first kappa shape index (κ1) is 25.9. The van der Waals surface area contributed by atoms with Crippen LogP contribution in [0.3, 0.4) is 0 Å². The second-order valence-corrected chi connectivity index (χ2v) is 11.7. The van der Waals surface area contributed by atoms with Crippen molar-refractivity contribution >= 4 is 29.2 Å². The molecule has 1 N–H and O–H groups in total. The highest BCUT2D eigenvalue weighted by Gasteiger charge is 2.56. The summed E-state index contributed by atoms with van der Waals surface area (Å²) in [5.74, 6) is -0.491. The minimum Gasteiger partial charge on any atom is -0.507 e. The van der Waals surface area contributed by atoms with Gasteiger partial charge in [-0.2, -0.15) is 0 Å². The molecule has 5 rings (SSSR count). The van der Waals surface area contributed by atoms with Gasteiger partial charge in [0, 0.05) is 17.9 Å². The molecule has 0 saturated carbocycles. The van der Waals surface area contributed by atoms with E-state index in [0.717, 1.165) is 40.0 Å². The van der Waals surface area contributed by atoms with Crippen LogP contribution in [-0.4, -0.2) is 48.2 Å². The smallest absolute Gasteiger partial charge is 0.234 e. The van der Waals surface area contributed by atoms with Gasteiger partial charge in [0.2, 0.25) is 11.8 Å². The van der Waals surface area contributed by atoms with Gasteiger partial charge in [-0.1, -0.05) is 17.7 Å². The molecule has 0 radical (unpaired) electrons. The number of rotatable bonds is 8. The summed E-state index contributed by atoms with van der Waals surface area (Å²) < 4.78 is 11.9. The van der Waals surface area contributed by atoms with E-state index in [1.807, 2.05) is 43.5 Å². The summed E-state index contributed by atoms with van der Waals surface area (Å²) in [5, 5.41) is 12.0. The molecule has 4 atom stereocenters. The van der Waals surface area contributed by atoms with E-state index in [1.165, 1.54) is 16.0 Å². The number of nitrogens with zero attached hydrogens (tertiary/aromatic N) is 1. The van der Waals surface area contributed by atoms with Crippen molar-refractivity contribution in [3.63, 3.8) is 0 Å². The van der Waals surface area contributed by atoms with Crippen LogP contribution >= 0.6 is 11.3 Å². The minimum absolute atomic E-state index is 0.0548. The zero-order chi connectivity index (χ0) is 26.3. The van der Waals surface area contributed by atoms with Crippen LogP contribution in [0.15, 0.2) is 46.4 Å². The predicted molar refractivity (Wildman–Crippen MR) is 144 cm³/mol. The lowest BCUT2D eigenvalue weighted by Crippen LogP contribution is -2.35. The Morgan fingerprint density at radius 2 is 1.97 bits per heavy atom. The fraction of sp³-hybridized carbons (Fsp3) is 0.467. The highest BCUT2D eigenvalue weighted by atomic mass is 32.1. The average Bonchev–Trinajstić information content (AvgIpc) is 3.58. The number of hydrogen-bond donors (Lipinski definition) is 1. The Balaban J connectivity index is 1.33. The number of phenols is 1. The number of methoxy groups -OCH3 is 1. The van der Waals surface area contributed by atoms with Crippen molar-refractivity contribution in [3.8, 4) is 5.75 Å². The van der Waals surface area contributed by atoms with E-state index in [2.05, 4.69) is 13.0 Å². The third-order valence-electron chi connectivity index (χ3n) is 8.04. The van der Waals surface area contributed by atoms with Crippen molar-refractivity contribution < 1.29 is 24.2 Å². The fourth-order valence-electron chi connectivity index (χ4n) is 6.35. The van der Waals surface area contributed by atoms with Crippen molar-refractivity contribution in [2.75, 3.05) is 20.3 Å². The fourth-order valence-corrected chi connectivity index (χ4v) is 7.04. The summed E-state index contributed by atoms with van der Waals surface area (Å²) in [5.41, 5.74) is 6.37. The maximum absolute atomic E-state index is 13.5. The van der Waals surface area contributed by atoms with E-state index in [0.29, 0.717) is 31.9 Å². The second-order valence-electron chi connectivity index (χ2n) is 10.6. The number of imide groups is 1. The Labute approximate surface area is 222 Å². The summed E-state index contributed by atoms with van der Waals surface area (Å²) in [4.78, 5) is 29.3. The number of likely N-dealkylation sites (tertiary alicyclic amines) is 1. The van der Waals surface area contributed by atoms with Crippen LogP contribution in [0.5, 0.6) is 5.75 Å². The molecule has 2 amide bonds. The molecule has 3 aliphatic rings. The number of allylic oxidation sites excluding steroid dienone is 1. The molecular weight excluding hydrogens is 486 g/mol. The van der Waals surface area contributed by atoms with Gasteiger partial charge in [-0.25, -0.2) is 0 Å². The zero-order valence-electron chi connectivity index (χ0n) is 22.0. The molecule has 0 spiro atoms. The van der Waals surface area contributed by atoms with Gasteiger partial charge in [0.25, 0.3) is 0 Å². The van der Waals surface area contributed by atoms with E-state index >= 15 is 0 Å². The first-order valence-electron chi connectivity index (χ1n) is 13.0. The number of fused-ring (bicyclic) bond motifs is 3. The molecule has 6 nitrogen and oxygen atoms in total. The van der Waals surface area contributed by atoms with E-state index in [1.54, 1.807) is 18.4 Å². The maximum atomic E-state index is 13.5. The molecule has 1 aromatic heterocycles. The SMILES string of the molecule is COCC1=C2[C@@H](CC/C(C)=C/c3cc(C)c(O)c(C)c3)OC[C@@H]2[C@@H]2C(=O)N(Cc3cccs3)C(=O)[C@@H]2C1. The molecule has 3 heterocycles. The first-order valence-corrected chi connectivity index (χ1v) is 13.8. The number of aromatic hydroxyl groups is 1. The average molecular weight is 522 g/mol. The highest BCUT2D eigenvalue weighted by molar-refractivity contribution is 7.09. The normalized spacial score (nSPS) is 25.7. The number of ether oxygens (including phenoxy) is 2. The number of hydrogen-bond acceptors (Lipinski definition) is 6. The van der Waals surface area contributed by atoms with Gasteiger partial charge in [-0.15, -0.1) is 11.3 Å². The predicted octanol–water partition coefficient (Wildman–Crippen LogP) is 5.42. The van der Waals surface area contributed by atoms with Crippen LogP contribution in [0.4, 0.5) is 0 Å². The van der Waals surface area contributed by atoms with Crippen molar-refractivity contribution in [1.82, 2.24) is 4.90 Å². The molecule has 0 bridgehead atoms. The Kier molecular flexibility index (Phi) is 7.39. The minimum atomic E-state index is -0.340. The Bertz CT molecular complexity index is 1240. The second kappa shape index (κ2) is 10.6. The lowest BCUT2D eigenvalue weighted by molar-refractivity contribution is -0.140. The van der Waals surface area contributed by atoms with Gasteiger partial charge < -0.3 is 14.6 Å². The van der Waals surface area contributed by atoms with Crippen LogP contribution in [0.25, 0.3) is 6.08 Å². The highest BCUT2D eigenvalue weighted by Crippen LogP contribution is 2.50. The van der Waals surface area contributed by atoms with Gasteiger partial charge in [0.1, 0.15) is 5.75 Å². The maximum Gasteiger partial charge on any atom is 0.234 e. The van der Waals surface area contributed by atoms with Gasteiger partial charge in [-0.05, 0) is 91.4 Å². The summed E-state index contributed by atoms with van der Waals surface area (Å²) in [6.45, 7) is 7.24. The lowest BCUT2D eigenvalue weighted by atomic mass is 9.69. The summed E-state index contributed by atoms with van der Waals surface area (Å²) in [7, 11) is 1.68. The molecule has 7 heteroatoms. The molecule has 0 unspecified atom stereocenters. The number of thiophene rings is 1. The standard InChI is InChI=1S/C30H35NO5S/c1-17(10-20-11-18(2)28(32)19(3)12-20)7-8-25-26-21(15-35-4)13-23-27(24(26)16-36-25)30(34)31(29(23)33)14-22-6-5-9-37-22/h5-6,9-12,23-25,27,32H,7-8,13-16H2,1-4H3/b17-10+/t23-,24+,25-,27-/m1/s1. The van der Waals surface area contributed by atoms with Crippen molar-refractivity contribution in [1.29, 1.82) is 0 Å². The van der Waals surface area contributed by atoms with Gasteiger partial charge in [-0.3, -0.25) is 14.5 Å². The van der Waals surface area contributed by atoms with Crippen LogP contribution < -0.4 is 0 Å². The topological polar surface area (TPSA) is 76.1 Å². The van der Waals surface area contributed by atoms with E-state index in [-0.39, 0.29) is 35.7 Å². The molecule has 2 saturated heterocycles. The molecule has 37 heavy (non-hydrogen) atoms. The molecule has 2 fully saturated rings. The quantitative estimate of drug-likeness (QED) is 0.371. The van der Waals surface area contributed by atoms with E-state index in [4.69, 9.17) is 9.47 Å². The number of benzene rings is 1. The largest absolute Gasteiger partial charge is 0.507 e. The number of aryl methyl sites for hydroxylation is 2. The van der Waals surface area contributed by atoms with Crippen molar-refractivity contribution in [2.45, 2.75) is 52.7 Å². The van der Waals surface area contributed by atoms with E-state index in [9.17, 15) is 14.7 Å². The number of carbonyl (C=O) groups is 2. The third-order valence-corrected chi connectivity index (χ3v) is 8.90. The van der Waals surface area contributed by atoms with Gasteiger partial charge >= 0.3 is 0 Å². The lowest BCUT2D eigenvalue weighted by Gasteiger charge is -2.31. The monoisotopic (exact) mass is 521 g/mol.